The number of hydrogen-bond acceptors (Lipinski definition) is 4. The second kappa shape index (κ2) is 6.50. The molecule has 0 saturated carbocycles. The van der Waals surface area contributed by atoms with Gasteiger partial charge in [-0.3, -0.25) is 4.68 Å². The van der Waals surface area contributed by atoms with E-state index in [9.17, 15) is 0 Å². The first-order valence-corrected chi connectivity index (χ1v) is 4.96. The third-order valence-corrected chi connectivity index (χ3v) is 1.93. The number of nitrogens with one attached hydrogen (secondary N) is 1. The first-order chi connectivity index (χ1) is 6.84. The second-order valence-electron chi connectivity index (χ2n) is 3.03. The summed E-state index contributed by atoms with van der Waals surface area (Å²) in [6.45, 7) is 5.34. The van der Waals surface area contributed by atoms with Gasteiger partial charge in [-0.1, -0.05) is 0 Å². The molecule has 1 heterocycles. The third kappa shape index (κ3) is 3.85. The summed E-state index contributed by atoms with van der Waals surface area (Å²) in [5.74, 6) is 0.960. The van der Waals surface area contributed by atoms with E-state index in [1.807, 2.05) is 14.0 Å². The normalized spacial score (nSPS) is 10.7. The summed E-state index contributed by atoms with van der Waals surface area (Å²) >= 11 is 0. The predicted molar refractivity (Wildman–Crippen MR) is 53.8 cm³/mol. The fourth-order valence-corrected chi connectivity index (χ4v) is 1.12. The number of aryl methyl sites for hydroxylation is 1. The molecule has 1 N–H and O–H groups in total. The van der Waals surface area contributed by atoms with Gasteiger partial charge >= 0.3 is 0 Å². The lowest BCUT2D eigenvalue weighted by Gasteiger charge is -2.03. The van der Waals surface area contributed by atoms with Gasteiger partial charge in [0.05, 0.1) is 6.54 Å². The van der Waals surface area contributed by atoms with E-state index in [-0.39, 0.29) is 0 Å². The molecular formula is C9H18N4O. The maximum absolute atomic E-state index is 5.22. The Labute approximate surface area is 84.5 Å². The van der Waals surface area contributed by atoms with Gasteiger partial charge in [-0.05, 0) is 19.9 Å². The van der Waals surface area contributed by atoms with Crippen LogP contribution in [0.5, 0.6) is 0 Å². The average molecular weight is 198 g/mol. The largest absolute Gasteiger partial charge is 0.382 e. The summed E-state index contributed by atoms with van der Waals surface area (Å²) < 4.78 is 6.99. The van der Waals surface area contributed by atoms with Gasteiger partial charge in [0.2, 0.25) is 0 Å². The monoisotopic (exact) mass is 198 g/mol. The van der Waals surface area contributed by atoms with Crippen molar-refractivity contribution in [2.24, 2.45) is 7.05 Å². The highest BCUT2D eigenvalue weighted by Gasteiger charge is 1.97. The van der Waals surface area contributed by atoms with E-state index in [1.54, 1.807) is 11.0 Å². The summed E-state index contributed by atoms with van der Waals surface area (Å²) in [4.78, 5) is 4.11. The zero-order valence-electron chi connectivity index (χ0n) is 8.86. The quantitative estimate of drug-likeness (QED) is 0.642. The van der Waals surface area contributed by atoms with E-state index in [1.165, 1.54) is 0 Å². The molecule has 1 rings (SSSR count). The van der Waals surface area contributed by atoms with Gasteiger partial charge in [-0.15, -0.1) is 0 Å². The van der Waals surface area contributed by atoms with Crippen LogP contribution in [0.15, 0.2) is 6.33 Å². The van der Waals surface area contributed by atoms with Crippen LogP contribution >= 0.6 is 0 Å². The molecule has 0 amide bonds. The van der Waals surface area contributed by atoms with Gasteiger partial charge in [0.1, 0.15) is 12.2 Å². The highest BCUT2D eigenvalue weighted by molar-refractivity contribution is 4.81. The first kappa shape index (κ1) is 11.1. The Kier molecular flexibility index (Phi) is 5.17. The number of rotatable bonds is 7. The lowest BCUT2D eigenvalue weighted by atomic mass is 10.4. The third-order valence-electron chi connectivity index (χ3n) is 1.93. The van der Waals surface area contributed by atoms with Crippen LogP contribution in [0.25, 0.3) is 0 Å². The molecule has 0 radical (unpaired) electrons. The fraction of sp³-hybridized carbons (Fsp3) is 0.778. The molecule has 5 heteroatoms. The zero-order chi connectivity index (χ0) is 10.2. The Bertz CT molecular complexity index is 249. The lowest BCUT2D eigenvalue weighted by molar-refractivity contribution is 0.144. The molecule has 0 atom stereocenters. The van der Waals surface area contributed by atoms with Crippen LogP contribution in [0.1, 0.15) is 19.2 Å². The summed E-state index contributed by atoms with van der Waals surface area (Å²) in [6.07, 6.45) is 2.60. The van der Waals surface area contributed by atoms with Crippen LogP contribution in [-0.2, 0) is 18.3 Å². The Morgan fingerprint density at radius 1 is 1.57 bits per heavy atom. The molecule has 0 unspecified atom stereocenters. The minimum atomic E-state index is 0.766. The summed E-state index contributed by atoms with van der Waals surface area (Å²) in [5.41, 5.74) is 0. The van der Waals surface area contributed by atoms with E-state index >= 15 is 0 Å². The molecule has 0 fully saturated rings. The van der Waals surface area contributed by atoms with Gasteiger partial charge in [-0.25, -0.2) is 4.98 Å². The van der Waals surface area contributed by atoms with Gasteiger partial charge in [-0.2, -0.15) is 5.10 Å². The molecule has 1 aromatic rings. The molecule has 0 aliphatic carbocycles. The van der Waals surface area contributed by atoms with Crippen molar-refractivity contribution in [2.75, 3.05) is 19.8 Å². The zero-order valence-corrected chi connectivity index (χ0v) is 8.86. The van der Waals surface area contributed by atoms with E-state index in [0.29, 0.717) is 0 Å². The van der Waals surface area contributed by atoms with Gasteiger partial charge in [0, 0.05) is 20.3 Å². The minimum Gasteiger partial charge on any atom is -0.382 e. The van der Waals surface area contributed by atoms with Gasteiger partial charge < -0.3 is 10.1 Å². The Morgan fingerprint density at radius 3 is 3.07 bits per heavy atom. The average Bonchev–Trinajstić information content (AvgIpc) is 2.58. The molecule has 0 aliphatic rings. The van der Waals surface area contributed by atoms with Crippen molar-refractivity contribution in [3.63, 3.8) is 0 Å². The summed E-state index contributed by atoms with van der Waals surface area (Å²) in [7, 11) is 1.89. The fourth-order valence-electron chi connectivity index (χ4n) is 1.12. The molecule has 1 aromatic heterocycles. The van der Waals surface area contributed by atoms with Crippen LogP contribution in [0.2, 0.25) is 0 Å². The standard InChI is InChI=1S/C9H18N4O/c1-3-14-6-4-5-10-7-9-11-8-12-13(9)2/h8,10H,3-7H2,1-2H3. The Morgan fingerprint density at radius 2 is 2.43 bits per heavy atom. The molecule has 0 saturated heterocycles. The Balaban J connectivity index is 2.02. The highest BCUT2D eigenvalue weighted by Crippen LogP contribution is 1.89. The smallest absolute Gasteiger partial charge is 0.140 e. The van der Waals surface area contributed by atoms with Crippen molar-refractivity contribution in [2.45, 2.75) is 19.9 Å². The van der Waals surface area contributed by atoms with Crippen LogP contribution in [-0.4, -0.2) is 34.5 Å². The topological polar surface area (TPSA) is 52.0 Å². The predicted octanol–water partition coefficient (Wildman–Crippen LogP) is 0.331. The van der Waals surface area contributed by atoms with Crippen molar-refractivity contribution in [3.8, 4) is 0 Å². The highest BCUT2D eigenvalue weighted by atomic mass is 16.5. The van der Waals surface area contributed by atoms with Crippen LogP contribution < -0.4 is 5.32 Å². The number of nitrogens with zero attached hydrogens (tertiary/aromatic N) is 3. The van der Waals surface area contributed by atoms with Crippen molar-refractivity contribution in [1.82, 2.24) is 20.1 Å². The van der Waals surface area contributed by atoms with Crippen molar-refractivity contribution in [1.29, 1.82) is 0 Å². The van der Waals surface area contributed by atoms with E-state index in [2.05, 4.69) is 15.4 Å². The van der Waals surface area contributed by atoms with Crippen LogP contribution in [0.4, 0.5) is 0 Å². The Hall–Kier alpha value is -0.940. The van der Waals surface area contributed by atoms with Gasteiger partial charge in [0.25, 0.3) is 0 Å². The second-order valence-corrected chi connectivity index (χ2v) is 3.03. The molecule has 0 bridgehead atoms. The number of aromatic nitrogens is 3. The molecule has 80 valence electrons. The molecule has 0 aliphatic heterocycles. The summed E-state index contributed by atoms with van der Waals surface area (Å²) in [5, 5.41) is 7.27. The van der Waals surface area contributed by atoms with E-state index in [0.717, 1.165) is 38.5 Å². The molecule has 5 nitrogen and oxygen atoms in total. The summed E-state index contributed by atoms with van der Waals surface area (Å²) in [6, 6.07) is 0. The first-order valence-electron chi connectivity index (χ1n) is 4.96. The van der Waals surface area contributed by atoms with Crippen LogP contribution in [0.3, 0.4) is 0 Å². The number of ether oxygens (including phenoxy) is 1. The van der Waals surface area contributed by atoms with Crippen molar-refractivity contribution < 1.29 is 4.74 Å². The molecule has 14 heavy (non-hydrogen) atoms. The van der Waals surface area contributed by atoms with Crippen molar-refractivity contribution in [3.05, 3.63) is 12.2 Å². The van der Waals surface area contributed by atoms with Crippen molar-refractivity contribution >= 4 is 0 Å². The molecule has 0 spiro atoms. The van der Waals surface area contributed by atoms with Gasteiger partial charge in [0.15, 0.2) is 0 Å². The minimum absolute atomic E-state index is 0.766. The van der Waals surface area contributed by atoms with E-state index in [4.69, 9.17) is 4.74 Å². The maximum atomic E-state index is 5.22. The maximum Gasteiger partial charge on any atom is 0.140 e. The molecular weight excluding hydrogens is 180 g/mol. The van der Waals surface area contributed by atoms with Crippen LogP contribution in [0, 0.1) is 0 Å². The van der Waals surface area contributed by atoms with E-state index < -0.39 is 0 Å². The number of hydrogen-bond donors (Lipinski definition) is 1. The molecule has 0 aromatic carbocycles. The SMILES string of the molecule is CCOCCCNCc1ncnn1C. The lowest BCUT2D eigenvalue weighted by Crippen LogP contribution is -2.18.